The molecule has 0 radical (unpaired) electrons. The molecule has 6 heteroatoms. The molecule has 2 N–H and O–H groups in total. The van der Waals surface area contributed by atoms with E-state index < -0.39 is 0 Å². The van der Waals surface area contributed by atoms with Crippen molar-refractivity contribution >= 4 is 16.3 Å². The normalized spacial score (nSPS) is 14.6. The summed E-state index contributed by atoms with van der Waals surface area (Å²) in [4.78, 5) is 0.789. The summed E-state index contributed by atoms with van der Waals surface area (Å²) >= 11 is 1.52. The Morgan fingerprint density at radius 2 is 2.00 bits per heavy atom. The lowest BCUT2D eigenvalue weighted by Gasteiger charge is -2.14. The zero-order chi connectivity index (χ0) is 14.1. The van der Waals surface area contributed by atoms with Gasteiger partial charge in [-0.25, -0.2) is 0 Å². The molecule has 0 aliphatic carbocycles. The first-order valence-electron chi connectivity index (χ1n) is 6.74. The van der Waals surface area contributed by atoms with Gasteiger partial charge in [0.15, 0.2) is 5.82 Å². The first-order chi connectivity index (χ1) is 9.70. The van der Waals surface area contributed by atoms with Crippen molar-refractivity contribution < 1.29 is 0 Å². The number of benzene rings is 1. The summed E-state index contributed by atoms with van der Waals surface area (Å²) in [5.74, 6) is 1.17. The summed E-state index contributed by atoms with van der Waals surface area (Å²) < 4.78 is 1.79. The van der Waals surface area contributed by atoms with E-state index in [-0.39, 0.29) is 6.04 Å². The molecule has 2 aromatic heterocycles. The van der Waals surface area contributed by atoms with E-state index >= 15 is 0 Å². The molecule has 2 heterocycles. The number of fused-ring (bicyclic) bond motifs is 1. The number of hydrogen-bond donors (Lipinski definition) is 1. The average molecular weight is 287 g/mol. The summed E-state index contributed by atoms with van der Waals surface area (Å²) in [5.41, 5.74) is 7.26. The molecule has 0 saturated heterocycles. The highest BCUT2D eigenvalue weighted by molar-refractivity contribution is 7.16. The van der Waals surface area contributed by atoms with E-state index in [9.17, 15) is 0 Å². The molecule has 0 spiro atoms. The maximum absolute atomic E-state index is 6.25. The lowest BCUT2D eigenvalue weighted by Crippen LogP contribution is -2.18. The zero-order valence-corrected chi connectivity index (χ0v) is 12.3. The fourth-order valence-electron chi connectivity index (χ4n) is 2.03. The van der Waals surface area contributed by atoms with Gasteiger partial charge in [0.05, 0.1) is 6.04 Å². The SMILES string of the molecule is CCC(C)C(N)c1nn2c(-c3ccccc3)nnc2s1. The van der Waals surface area contributed by atoms with Gasteiger partial charge in [0.25, 0.3) is 0 Å². The van der Waals surface area contributed by atoms with Crippen LogP contribution < -0.4 is 5.73 Å². The second kappa shape index (κ2) is 5.30. The Hall–Kier alpha value is -1.79. The van der Waals surface area contributed by atoms with Crippen molar-refractivity contribution in [2.45, 2.75) is 26.3 Å². The minimum absolute atomic E-state index is 0.0460. The maximum atomic E-state index is 6.25. The van der Waals surface area contributed by atoms with Gasteiger partial charge < -0.3 is 5.73 Å². The lowest BCUT2D eigenvalue weighted by molar-refractivity contribution is 0.452. The predicted octanol–water partition coefficient (Wildman–Crippen LogP) is 2.90. The molecule has 0 aliphatic rings. The van der Waals surface area contributed by atoms with E-state index in [1.165, 1.54) is 11.3 Å². The Morgan fingerprint density at radius 3 is 2.70 bits per heavy atom. The molecule has 0 fully saturated rings. The third kappa shape index (κ3) is 2.21. The Kier molecular flexibility index (Phi) is 3.50. The van der Waals surface area contributed by atoms with E-state index in [0.29, 0.717) is 5.92 Å². The van der Waals surface area contributed by atoms with Gasteiger partial charge in [0, 0.05) is 5.56 Å². The van der Waals surface area contributed by atoms with Gasteiger partial charge >= 0.3 is 0 Å². The third-order valence-corrected chi connectivity index (χ3v) is 4.58. The lowest BCUT2D eigenvalue weighted by atomic mass is 10.0. The van der Waals surface area contributed by atoms with Crippen LogP contribution >= 0.6 is 11.3 Å². The Bertz CT molecular complexity index is 703. The molecule has 3 aromatic rings. The Morgan fingerprint density at radius 1 is 1.25 bits per heavy atom. The summed E-state index contributed by atoms with van der Waals surface area (Å²) in [6.07, 6.45) is 1.03. The predicted molar refractivity (Wildman–Crippen MR) is 80.5 cm³/mol. The monoisotopic (exact) mass is 287 g/mol. The first kappa shape index (κ1) is 13.2. The minimum Gasteiger partial charge on any atom is -0.322 e. The van der Waals surface area contributed by atoms with Crippen LogP contribution in [0.2, 0.25) is 0 Å². The second-order valence-corrected chi connectivity index (χ2v) is 5.92. The maximum Gasteiger partial charge on any atom is 0.235 e. The van der Waals surface area contributed by atoms with Crippen molar-refractivity contribution in [3.8, 4) is 11.4 Å². The van der Waals surface area contributed by atoms with E-state index in [0.717, 1.165) is 27.8 Å². The van der Waals surface area contributed by atoms with Crippen LogP contribution in [0.5, 0.6) is 0 Å². The fraction of sp³-hybridized carbons (Fsp3) is 0.357. The van der Waals surface area contributed by atoms with Crippen molar-refractivity contribution in [1.82, 2.24) is 19.8 Å². The largest absolute Gasteiger partial charge is 0.322 e. The third-order valence-electron chi connectivity index (χ3n) is 3.58. The molecule has 1 aromatic carbocycles. The van der Waals surface area contributed by atoms with Crippen LogP contribution in [0, 0.1) is 5.92 Å². The summed E-state index contributed by atoms with van der Waals surface area (Å²) in [6.45, 7) is 4.28. The van der Waals surface area contributed by atoms with Gasteiger partial charge in [-0.05, 0) is 5.92 Å². The van der Waals surface area contributed by atoms with Crippen LogP contribution in [-0.2, 0) is 0 Å². The van der Waals surface area contributed by atoms with E-state index in [2.05, 4.69) is 29.1 Å². The molecule has 5 nitrogen and oxygen atoms in total. The standard InChI is InChI=1S/C14H17N5S/c1-3-9(2)11(15)13-18-19-12(16-17-14(19)20-13)10-7-5-4-6-8-10/h4-9,11H,3,15H2,1-2H3. The number of aromatic nitrogens is 4. The molecular weight excluding hydrogens is 270 g/mol. The van der Waals surface area contributed by atoms with Gasteiger partial charge in [0.1, 0.15) is 5.01 Å². The van der Waals surface area contributed by atoms with E-state index in [1.54, 1.807) is 4.52 Å². The summed E-state index contributed by atoms with van der Waals surface area (Å²) in [7, 11) is 0. The van der Waals surface area contributed by atoms with Crippen LogP contribution in [0.1, 0.15) is 31.3 Å². The highest BCUT2D eigenvalue weighted by atomic mass is 32.1. The number of nitrogens with two attached hydrogens (primary N) is 1. The topological polar surface area (TPSA) is 69.1 Å². The Balaban J connectivity index is 2.03. The number of hydrogen-bond acceptors (Lipinski definition) is 5. The average Bonchev–Trinajstić information content (AvgIpc) is 3.06. The fourth-order valence-corrected chi connectivity index (χ4v) is 3.00. The van der Waals surface area contributed by atoms with E-state index in [4.69, 9.17) is 5.73 Å². The second-order valence-electron chi connectivity index (χ2n) is 4.94. The number of nitrogens with zero attached hydrogens (tertiary/aromatic N) is 4. The van der Waals surface area contributed by atoms with Crippen LogP contribution in [0.25, 0.3) is 16.3 Å². The van der Waals surface area contributed by atoms with Gasteiger partial charge in [-0.15, -0.1) is 10.2 Å². The molecule has 0 saturated carbocycles. The minimum atomic E-state index is -0.0460. The first-order valence-corrected chi connectivity index (χ1v) is 7.55. The van der Waals surface area contributed by atoms with Crippen molar-refractivity contribution in [2.24, 2.45) is 11.7 Å². The molecular formula is C14H17N5S. The van der Waals surface area contributed by atoms with Gasteiger partial charge in [-0.3, -0.25) is 0 Å². The van der Waals surface area contributed by atoms with Crippen molar-refractivity contribution in [2.75, 3.05) is 0 Å². The zero-order valence-electron chi connectivity index (χ0n) is 11.5. The van der Waals surface area contributed by atoms with Crippen LogP contribution in [0.4, 0.5) is 0 Å². The quantitative estimate of drug-likeness (QED) is 0.801. The molecule has 20 heavy (non-hydrogen) atoms. The van der Waals surface area contributed by atoms with Crippen molar-refractivity contribution in [3.63, 3.8) is 0 Å². The van der Waals surface area contributed by atoms with Crippen LogP contribution in [0.15, 0.2) is 30.3 Å². The van der Waals surface area contributed by atoms with E-state index in [1.807, 2.05) is 30.3 Å². The summed E-state index contributed by atoms with van der Waals surface area (Å²) in [5, 5.41) is 13.9. The van der Waals surface area contributed by atoms with Crippen LogP contribution in [-0.4, -0.2) is 19.8 Å². The highest BCUT2D eigenvalue weighted by Gasteiger charge is 2.20. The van der Waals surface area contributed by atoms with Gasteiger partial charge in [-0.2, -0.15) is 9.61 Å². The molecule has 3 rings (SSSR count). The number of rotatable bonds is 4. The molecule has 0 amide bonds. The van der Waals surface area contributed by atoms with Crippen LogP contribution in [0.3, 0.4) is 0 Å². The van der Waals surface area contributed by atoms with Crippen molar-refractivity contribution in [1.29, 1.82) is 0 Å². The van der Waals surface area contributed by atoms with Gasteiger partial charge in [0.2, 0.25) is 4.96 Å². The molecule has 2 unspecified atom stereocenters. The molecule has 104 valence electrons. The van der Waals surface area contributed by atoms with Gasteiger partial charge in [-0.1, -0.05) is 61.9 Å². The van der Waals surface area contributed by atoms with Crippen molar-refractivity contribution in [3.05, 3.63) is 35.3 Å². The Labute approximate surface area is 121 Å². The molecule has 0 aliphatic heterocycles. The molecule has 0 bridgehead atoms. The summed E-state index contributed by atoms with van der Waals surface area (Å²) in [6, 6.07) is 9.90. The molecule has 2 atom stereocenters. The highest BCUT2D eigenvalue weighted by Crippen LogP contribution is 2.28. The smallest absolute Gasteiger partial charge is 0.235 e.